The van der Waals surface area contributed by atoms with Crippen LogP contribution in [0.1, 0.15) is 19.4 Å². The van der Waals surface area contributed by atoms with Crippen molar-refractivity contribution in [1.82, 2.24) is 0 Å². The lowest BCUT2D eigenvalue weighted by molar-refractivity contribution is -0.162. The molecule has 2 atom stereocenters. The van der Waals surface area contributed by atoms with Gasteiger partial charge in [0.05, 0.1) is 19.8 Å². The van der Waals surface area contributed by atoms with E-state index in [-0.39, 0.29) is 18.8 Å². The third-order valence-corrected chi connectivity index (χ3v) is 2.93. The van der Waals surface area contributed by atoms with Crippen molar-refractivity contribution in [2.75, 3.05) is 13.2 Å². The van der Waals surface area contributed by atoms with Crippen LogP contribution in [-0.4, -0.2) is 36.3 Å². The highest BCUT2D eigenvalue weighted by atomic mass is 16.7. The third-order valence-electron chi connectivity index (χ3n) is 2.93. The van der Waals surface area contributed by atoms with Gasteiger partial charge in [-0.1, -0.05) is 30.3 Å². The van der Waals surface area contributed by atoms with Gasteiger partial charge in [0, 0.05) is 0 Å². The van der Waals surface area contributed by atoms with E-state index >= 15 is 0 Å². The van der Waals surface area contributed by atoms with E-state index in [1.165, 1.54) is 0 Å². The lowest BCUT2D eigenvalue weighted by atomic mass is 10.2. The molecule has 100 valence electrons. The number of hydrogen-bond donors (Lipinski definition) is 1. The largest absolute Gasteiger partial charge is 0.394 e. The van der Waals surface area contributed by atoms with Gasteiger partial charge in [0.1, 0.15) is 12.2 Å². The molecule has 0 amide bonds. The average molecular weight is 252 g/mol. The minimum atomic E-state index is -0.589. The number of aliphatic hydroxyl groups is 1. The lowest BCUT2D eigenvalue weighted by Crippen LogP contribution is -2.35. The number of aliphatic hydroxyl groups excluding tert-OH is 1. The lowest BCUT2D eigenvalue weighted by Gasteiger charge is -2.23. The van der Waals surface area contributed by atoms with Gasteiger partial charge in [0.15, 0.2) is 5.79 Å². The Morgan fingerprint density at radius 1 is 1.39 bits per heavy atom. The molecule has 1 aromatic carbocycles. The Hall–Kier alpha value is -0.940. The Morgan fingerprint density at radius 3 is 2.67 bits per heavy atom. The van der Waals surface area contributed by atoms with Gasteiger partial charge in [-0.05, 0) is 19.4 Å². The van der Waals surface area contributed by atoms with E-state index in [1.54, 1.807) is 0 Å². The van der Waals surface area contributed by atoms with Crippen molar-refractivity contribution < 1.29 is 19.3 Å². The maximum absolute atomic E-state index is 9.37. The highest BCUT2D eigenvalue weighted by Gasteiger charge is 2.37. The van der Waals surface area contributed by atoms with Gasteiger partial charge in [-0.15, -0.1) is 0 Å². The molecule has 1 saturated heterocycles. The molecular weight excluding hydrogens is 232 g/mol. The van der Waals surface area contributed by atoms with E-state index in [9.17, 15) is 5.11 Å². The Morgan fingerprint density at radius 2 is 2.11 bits per heavy atom. The van der Waals surface area contributed by atoms with E-state index in [1.807, 2.05) is 44.2 Å². The fourth-order valence-electron chi connectivity index (χ4n) is 1.95. The quantitative estimate of drug-likeness (QED) is 0.866. The Bertz CT molecular complexity index is 363. The smallest absolute Gasteiger partial charge is 0.163 e. The van der Waals surface area contributed by atoms with E-state index < -0.39 is 5.79 Å². The van der Waals surface area contributed by atoms with Crippen molar-refractivity contribution in [1.29, 1.82) is 0 Å². The normalized spacial score (nSPS) is 24.1. The molecule has 0 saturated carbocycles. The maximum Gasteiger partial charge on any atom is 0.163 e. The van der Waals surface area contributed by atoms with Crippen LogP contribution in [0.4, 0.5) is 0 Å². The average Bonchev–Trinajstić information content (AvgIpc) is 2.72. The zero-order valence-corrected chi connectivity index (χ0v) is 10.8. The van der Waals surface area contributed by atoms with Crippen molar-refractivity contribution >= 4 is 0 Å². The molecule has 0 spiro atoms. The van der Waals surface area contributed by atoms with Gasteiger partial charge in [-0.2, -0.15) is 0 Å². The predicted octanol–water partition coefficient (Wildman–Crippen LogP) is 1.72. The van der Waals surface area contributed by atoms with Crippen molar-refractivity contribution in [3.8, 4) is 0 Å². The Labute approximate surface area is 107 Å². The summed E-state index contributed by atoms with van der Waals surface area (Å²) >= 11 is 0. The highest BCUT2D eigenvalue weighted by Crippen LogP contribution is 2.25. The molecule has 0 aliphatic carbocycles. The van der Waals surface area contributed by atoms with Crippen LogP contribution in [0, 0.1) is 0 Å². The molecule has 0 bridgehead atoms. The Balaban J connectivity index is 1.87. The summed E-state index contributed by atoms with van der Waals surface area (Å²) in [5, 5.41) is 9.37. The van der Waals surface area contributed by atoms with Gasteiger partial charge >= 0.3 is 0 Å². The van der Waals surface area contributed by atoms with Gasteiger partial charge in [0.25, 0.3) is 0 Å². The molecular formula is C14H20O4. The molecule has 1 aliphatic rings. The summed E-state index contributed by atoms with van der Waals surface area (Å²) in [5.41, 5.74) is 1.08. The second kappa shape index (κ2) is 5.80. The zero-order valence-electron chi connectivity index (χ0n) is 10.8. The van der Waals surface area contributed by atoms with Crippen molar-refractivity contribution in [3.63, 3.8) is 0 Å². The van der Waals surface area contributed by atoms with Crippen LogP contribution in [0.2, 0.25) is 0 Å². The summed E-state index contributed by atoms with van der Waals surface area (Å²) in [6.45, 7) is 4.56. The number of hydrogen-bond acceptors (Lipinski definition) is 4. The fraction of sp³-hybridized carbons (Fsp3) is 0.571. The summed E-state index contributed by atoms with van der Waals surface area (Å²) in [7, 11) is 0. The molecule has 2 rings (SSSR count). The van der Waals surface area contributed by atoms with Crippen LogP contribution in [0.25, 0.3) is 0 Å². The van der Waals surface area contributed by atoms with E-state index in [0.29, 0.717) is 13.2 Å². The minimum Gasteiger partial charge on any atom is -0.394 e. The first-order valence-corrected chi connectivity index (χ1v) is 6.19. The second-order valence-corrected chi connectivity index (χ2v) is 4.88. The molecule has 4 nitrogen and oxygen atoms in total. The van der Waals surface area contributed by atoms with Gasteiger partial charge in [-0.3, -0.25) is 0 Å². The van der Waals surface area contributed by atoms with Gasteiger partial charge < -0.3 is 19.3 Å². The molecule has 1 aromatic rings. The summed E-state index contributed by atoms with van der Waals surface area (Å²) in [6.07, 6.45) is -0.569. The van der Waals surface area contributed by atoms with Gasteiger partial charge in [-0.25, -0.2) is 0 Å². The summed E-state index contributed by atoms with van der Waals surface area (Å²) in [6, 6.07) is 9.87. The number of rotatable bonds is 5. The minimum absolute atomic E-state index is 0.0725. The SMILES string of the molecule is CC1(C)OC[C@H]([C@@H](CO)OCc2ccccc2)O1. The third kappa shape index (κ3) is 3.53. The van der Waals surface area contributed by atoms with Crippen LogP contribution in [0.5, 0.6) is 0 Å². The van der Waals surface area contributed by atoms with E-state index in [4.69, 9.17) is 14.2 Å². The molecule has 1 fully saturated rings. The van der Waals surface area contributed by atoms with E-state index in [0.717, 1.165) is 5.56 Å². The first-order valence-electron chi connectivity index (χ1n) is 6.19. The molecule has 18 heavy (non-hydrogen) atoms. The zero-order chi connectivity index (χ0) is 13.0. The summed E-state index contributed by atoms with van der Waals surface area (Å²) in [4.78, 5) is 0. The standard InChI is InChI=1S/C14H20O4/c1-14(2)17-10-13(18-14)12(8-15)16-9-11-6-4-3-5-7-11/h3-7,12-13,15H,8-10H2,1-2H3/t12-,13-/m1/s1. The van der Waals surface area contributed by atoms with Crippen molar-refractivity contribution in [2.24, 2.45) is 0 Å². The maximum atomic E-state index is 9.37. The van der Waals surface area contributed by atoms with E-state index in [2.05, 4.69) is 0 Å². The predicted molar refractivity (Wildman–Crippen MR) is 67.0 cm³/mol. The van der Waals surface area contributed by atoms with Crippen LogP contribution in [0.3, 0.4) is 0 Å². The Kier molecular flexibility index (Phi) is 4.35. The first kappa shape index (κ1) is 13.5. The van der Waals surface area contributed by atoms with Crippen LogP contribution in [0.15, 0.2) is 30.3 Å². The van der Waals surface area contributed by atoms with Crippen LogP contribution in [-0.2, 0) is 20.8 Å². The summed E-state index contributed by atoms with van der Waals surface area (Å²) in [5.74, 6) is -0.589. The van der Waals surface area contributed by atoms with Crippen molar-refractivity contribution in [2.45, 2.75) is 38.4 Å². The highest BCUT2D eigenvalue weighted by molar-refractivity contribution is 5.13. The fourth-order valence-corrected chi connectivity index (χ4v) is 1.95. The molecule has 0 unspecified atom stereocenters. The molecule has 0 radical (unpaired) electrons. The van der Waals surface area contributed by atoms with Crippen molar-refractivity contribution in [3.05, 3.63) is 35.9 Å². The molecule has 1 aliphatic heterocycles. The molecule has 0 aromatic heterocycles. The van der Waals surface area contributed by atoms with Crippen LogP contribution >= 0.6 is 0 Å². The van der Waals surface area contributed by atoms with Gasteiger partial charge in [0.2, 0.25) is 0 Å². The first-order chi connectivity index (χ1) is 8.61. The molecule has 1 heterocycles. The second-order valence-electron chi connectivity index (χ2n) is 4.88. The molecule has 1 N–H and O–H groups in total. The monoisotopic (exact) mass is 252 g/mol. The molecule has 4 heteroatoms. The number of ether oxygens (including phenoxy) is 3. The summed E-state index contributed by atoms with van der Waals surface area (Å²) < 4.78 is 16.9. The van der Waals surface area contributed by atoms with Crippen LogP contribution < -0.4 is 0 Å². The topological polar surface area (TPSA) is 47.9 Å². The number of benzene rings is 1.